The van der Waals surface area contributed by atoms with Crippen molar-refractivity contribution < 1.29 is 14.3 Å². The Morgan fingerprint density at radius 3 is 2.58 bits per heavy atom. The number of nitrogens with two attached hydrogens (primary N) is 1. The Morgan fingerprint density at radius 2 is 1.96 bits per heavy atom. The highest BCUT2D eigenvalue weighted by Gasteiger charge is 2.35. The summed E-state index contributed by atoms with van der Waals surface area (Å²) in [4.78, 5) is 27.1. The first-order chi connectivity index (χ1) is 10.6. The number of anilines is 1. The van der Waals surface area contributed by atoms with Gasteiger partial charge >= 0.3 is 6.09 Å². The molecule has 2 heterocycles. The Labute approximate surface area is 154 Å². The maximum Gasteiger partial charge on any atom is 0.414 e. The van der Waals surface area contributed by atoms with Crippen LogP contribution in [0.2, 0.25) is 0 Å². The number of para-hydroxylation sites is 1. The van der Waals surface area contributed by atoms with Crippen LogP contribution in [-0.4, -0.2) is 42.6 Å². The molecule has 24 heavy (non-hydrogen) atoms. The van der Waals surface area contributed by atoms with E-state index in [9.17, 15) is 9.59 Å². The summed E-state index contributed by atoms with van der Waals surface area (Å²) >= 11 is 0. The molecule has 1 fully saturated rings. The van der Waals surface area contributed by atoms with Gasteiger partial charge < -0.3 is 10.5 Å². The van der Waals surface area contributed by atoms with Gasteiger partial charge in [-0.2, -0.15) is 0 Å². The van der Waals surface area contributed by atoms with E-state index in [1.165, 1.54) is 0 Å². The lowest BCUT2D eigenvalue weighted by Gasteiger charge is -2.40. The van der Waals surface area contributed by atoms with Crippen LogP contribution in [0.15, 0.2) is 18.2 Å². The van der Waals surface area contributed by atoms with Crippen LogP contribution in [0.5, 0.6) is 0 Å². The standard InChI is InChI=1S/C16H21N3O3.2ClH/c1-11-3-2-4-12-10-22-16(21)19(15(11)12)13-5-7-18(8-6-13)9-14(17)20;;/h2-4,13H,5-10H2,1H3,(H2,17,20);2*1H. The molecule has 1 saturated heterocycles. The van der Waals surface area contributed by atoms with Crippen molar-refractivity contribution in [3.05, 3.63) is 29.3 Å². The van der Waals surface area contributed by atoms with Crippen molar-refractivity contribution >= 4 is 42.5 Å². The van der Waals surface area contributed by atoms with Crippen molar-refractivity contribution in [1.82, 2.24) is 4.90 Å². The zero-order valence-corrected chi connectivity index (χ0v) is 15.2. The highest BCUT2D eigenvalue weighted by molar-refractivity contribution is 5.92. The first-order valence-corrected chi connectivity index (χ1v) is 7.61. The molecule has 0 aromatic heterocycles. The van der Waals surface area contributed by atoms with Gasteiger partial charge in [-0.3, -0.25) is 14.6 Å². The molecular formula is C16H23Cl2N3O3. The van der Waals surface area contributed by atoms with Gasteiger partial charge in [-0.05, 0) is 25.3 Å². The summed E-state index contributed by atoms with van der Waals surface area (Å²) in [7, 11) is 0. The summed E-state index contributed by atoms with van der Waals surface area (Å²) in [5, 5.41) is 0. The Morgan fingerprint density at radius 1 is 1.29 bits per heavy atom. The third-order valence-electron chi connectivity index (χ3n) is 4.41. The Hall–Kier alpha value is -1.50. The number of halogens is 2. The monoisotopic (exact) mass is 375 g/mol. The number of amides is 2. The first-order valence-electron chi connectivity index (χ1n) is 7.61. The molecule has 0 atom stereocenters. The Balaban J connectivity index is 0.00000144. The SMILES string of the molecule is Cc1cccc2c1N(C1CCN(CC(N)=O)CC1)C(=O)OC2.Cl.Cl. The van der Waals surface area contributed by atoms with Crippen LogP contribution in [0.1, 0.15) is 24.0 Å². The molecule has 2 aliphatic heterocycles. The Kier molecular flexibility index (Phi) is 7.32. The minimum absolute atomic E-state index is 0. The molecule has 2 amide bonds. The van der Waals surface area contributed by atoms with Crippen LogP contribution < -0.4 is 10.6 Å². The third-order valence-corrected chi connectivity index (χ3v) is 4.41. The van der Waals surface area contributed by atoms with Crippen LogP contribution in [0.3, 0.4) is 0 Å². The van der Waals surface area contributed by atoms with Gasteiger partial charge in [-0.15, -0.1) is 24.8 Å². The fourth-order valence-electron chi connectivity index (χ4n) is 3.37. The number of carbonyl (C=O) groups excluding carboxylic acids is 2. The number of ether oxygens (including phenoxy) is 1. The van der Waals surface area contributed by atoms with Gasteiger partial charge in [0.15, 0.2) is 0 Å². The van der Waals surface area contributed by atoms with Crippen molar-refractivity contribution in [3.8, 4) is 0 Å². The van der Waals surface area contributed by atoms with Gasteiger partial charge in [0.2, 0.25) is 5.91 Å². The van der Waals surface area contributed by atoms with Crippen LogP contribution in [0.25, 0.3) is 0 Å². The van der Waals surface area contributed by atoms with Gasteiger partial charge in [0.25, 0.3) is 0 Å². The van der Waals surface area contributed by atoms with Gasteiger partial charge in [0, 0.05) is 24.7 Å². The molecular weight excluding hydrogens is 353 g/mol. The lowest BCUT2D eigenvalue weighted by atomic mass is 9.99. The normalized spacial score (nSPS) is 18.0. The summed E-state index contributed by atoms with van der Waals surface area (Å²) in [5.74, 6) is -0.308. The fraction of sp³-hybridized carbons (Fsp3) is 0.500. The molecule has 1 aromatic rings. The number of hydrogen-bond donors (Lipinski definition) is 1. The van der Waals surface area contributed by atoms with E-state index in [0.29, 0.717) is 6.61 Å². The van der Waals surface area contributed by atoms with E-state index in [-0.39, 0.29) is 49.4 Å². The number of fused-ring (bicyclic) bond motifs is 1. The first kappa shape index (κ1) is 20.5. The average molecular weight is 376 g/mol. The van der Waals surface area contributed by atoms with E-state index in [0.717, 1.165) is 42.7 Å². The predicted octanol–water partition coefficient (Wildman–Crippen LogP) is 2.24. The van der Waals surface area contributed by atoms with Crippen LogP contribution in [-0.2, 0) is 16.1 Å². The maximum atomic E-state index is 12.3. The molecule has 0 aliphatic carbocycles. The molecule has 2 N–H and O–H groups in total. The summed E-state index contributed by atoms with van der Waals surface area (Å²) in [6, 6.07) is 6.12. The van der Waals surface area contributed by atoms with Crippen molar-refractivity contribution in [2.45, 2.75) is 32.4 Å². The second kappa shape index (κ2) is 8.55. The van der Waals surface area contributed by atoms with Crippen molar-refractivity contribution in [3.63, 3.8) is 0 Å². The summed E-state index contributed by atoms with van der Waals surface area (Å²) in [5.41, 5.74) is 8.38. The van der Waals surface area contributed by atoms with Gasteiger partial charge in [-0.25, -0.2) is 4.79 Å². The van der Waals surface area contributed by atoms with E-state index in [2.05, 4.69) is 0 Å². The van der Waals surface area contributed by atoms with Gasteiger partial charge in [-0.1, -0.05) is 18.2 Å². The quantitative estimate of drug-likeness (QED) is 0.878. The second-order valence-corrected chi connectivity index (χ2v) is 5.98. The zero-order chi connectivity index (χ0) is 15.7. The number of rotatable bonds is 3. The lowest BCUT2D eigenvalue weighted by Crippen LogP contribution is -2.50. The van der Waals surface area contributed by atoms with E-state index < -0.39 is 0 Å². The van der Waals surface area contributed by atoms with E-state index in [4.69, 9.17) is 10.5 Å². The molecule has 0 bridgehead atoms. The highest BCUT2D eigenvalue weighted by Crippen LogP contribution is 2.34. The topological polar surface area (TPSA) is 75.9 Å². The molecule has 0 saturated carbocycles. The Bertz CT molecular complexity index is 604. The maximum absolute atomic E-state index is 12.3. The zero-order valence-electron chi connectivity index (χ0n) is 13.6. The van der Waals surface area contributed by atoms with Crippen LogP contribution in [0, 0.1) is 6.92 Å². The van der Waals surface area contributed by atoms with Crippen LogP contribution >= 0.6 is 24.8 Å². The summed E-state index contributed by atoms with van der Waals surface area (Å²) < 4.78 is 5.32. The number of carbonyl (C=O) groups is 2. The molecule has 6 nitrogen and oxygen atoms in total. The number of hydrogen-bond acceptors (Lipinski definition) is 4. The molecule has 2 aliphatic rings. The van der Waals surface area contributed by atoms with Gasteiger partial charge in [0.1, 0.15) is 6.61 Å². The minimum Gasteiger partial charge on any atom is -0.444 e. The lowest BCUT2D eigenvalue weighted by molar-refractivity contribution is -0.119. The average Bonchev–Trinajstić information content (AvgIpc) is 2.48. The molecule has 3 rings (SSSR count). The third kappa shape index (κ3) is 4.12. The number of piperidine rings is 1. The minimum atomic E-state index is -0.308. The van der Waals surface area contributed by atoms with Crippen molar-refractivity contribution in [2.24, 2.45) is 5.73 Å². The van der Waals surface area contributed by atoms with E-state index >= 15 is 0 Å². The molecule has 0 unspecified atom stereocenters. The smallest absolute Gasteiger partial charge is 0.414 e. The second-order valence-electron chi connectivity index (χ2n) is 5.98. The number of cyclic esters (lactones) is 1. The summed E-state index contributed by atoms with van der Waals surface area (Å²) in [6.45, 7) is 4.17. The number of aryl methyl sites for hydroxylation is 1. The van der Waals surface area contributed by atoms with E-state index in [1.807, 2.05) is 30.0 Å². The number of primary amides is 1. The fourth-order valence-corrected chi connectivity index (χ4v) is 3.37. The molecule has 134 valence electrons. The van der Waals surface area contributed by atoms with E-state index in [1.54, 1.807) is 4.90 Å². The van der Waals surface area contributed by atoms with Crippen LogP contribution in [0.4, 0.5) is 10.5 Å². The van der Waals surface area contributed by atoms with Crippen molar-refractivity contribution in [2.75, 3.05) is 24.5 Å². The summed E-state index contributed by atoms with van der Waals surface area (Å²) in [6.07, 6.45) is 1.36. The number of nitrogens with zero attached hydrogens (tertiary/aromatic N) is 2. The number of benzene rings is 1. The predicted molar refractivity (Wildman–Crippen MR) is 97.0 cm³/mol. The largest absolute Gasteiger partial charge is 0.444 e. The highest BCUT2D eigenvalue weighted by atomic mass is 35.5. The van der Waals surface area contributed by atoms with Crippen molar-refractivity contribution in [1.29, 1.82) is 0 Å². The molecule has 0 spiro atoms. The number of likely N-dealkylation sites (tertiary alicyclic amines) is 1. The van der Waals surface area contributed by atoms with Gasteiger partial charge in [0.05, 0.1) is 12.2 Å². The molecule has 1 aromatic carbocycles. The molecule has 8 heteroatoms. The molecule has 0 radical (unpaired) electrons.